The van der Waals surface area contributed by atoms with E-state index in [1.54, 1.807) is 17.8 Å². The molecule has 0 aliphatic carbocycles. The summed E-state index contributed by atoms with van der Waals surface area (Å²) in [5.41, 5.74) is 1.52. The summed E-state index contributed by atoms with van der Waals surface area (Å²) >= 11 is 1.68. The van der Waals surface area contributed by atoms with Crippen LogP contribution >= 0.6 is 11.8 Å². The van der Waals surface area contributed by atoms with Gasteiger partial charge in [0.2, 0.25) is 0 Å². The summed E-state index contributed by atoms with van der Waals surface area (Å²) in [6.45, 7) is 0.678. The Hall–Kier alpha value is -2.33. The Balaban J connectivity index is 1.66. The van der Waals surface area contributed by atoms with Gasteiger partial charge in [0, 0.05) is 17.9 Å². The molecule has 1 fully saturated rings. The Labute approximate surface area is 144 Å². The van der Waals surface area contributed by atoms with Gasteiger partial charge < -0.3 is 4.90 Å². The molecule has 1 unspecified atom stereocenters. The van der Waals surface area contributed by atoms with Crippen LogP contribution in [-0.2, 0) is 0 Å². The van der Waals surface area contributed by atoms with Gasteiger partial charge in [-0.1, -0.05) is 42.5 Å². The molecule has 0 saturated carbocycles. The first-order chi connectivity index (χ1) is 11.7. The van der Waals surface area contributed by atoms with Gasteiger partial charge in [-0.3, -0.25) is 4.79 Å². The van der Waals surface area contributed by atoms with Crippen molar-refractivity contribution < 1.29 is 9.18 Å². The fourth-order valence-corrected chi connectivity index (χ4v) is 4.35. The maximum Gasteiger partial charge on any atom is 0.255 e. The van der Waals surface area contributed by atoms with E-state index in [-0.39, 0.29) is 17.1 Å². The summed E-state index contributed by atoms with van der Waals surface area (Å²) < 4.78 is 13.5. The fourth-order valence-electron chi connectivity index (χ4n) is 3.10. The Morgan fingerprint density at radius 1 is 1.00 bits per heavy atom. The van der Waals surface area contributed by atoms with E-state index in [1.807, 2.05) is 53.4 Å². The molecule has 4 heteroatoms. The van der Waals surface area contributed by atoms with E-state index in [4.69, 9.17) is 0 Å². The van der Waals surface area contributed by atoms with Crippen molar-refractivity contribution in [3.63, 3.8) is 0 Å². The van der Waals surface area contributed by atoms with Crippen LogP contribution in [0.4, 0.5) is 4.39 Å². The lowest BCUT2D eigenvalue weighted by Crippen LogP contribution is -2.30. The lowest BCUT2D eigenvalue weighted by Gasteiger charge is -2.24. The van der Waals surface area contributed by atoms with Crippen LogP contribution in [0.15, 0.2) is 66.7 Å². The molecular formula is C20H16FNOS. The van der Waals surface area contributed by atoms with E-state index in [9.17, 15) is 9.18 Å². The number of benzene rings is 3. The smallest absolute Gasteiger partial charge is 0.255 e. The summed E-state index contributed by atoms with van der Waals surface area (Å²) in [5.74, 6) is 0.596. The maximum atomic E-state index is 13.5. The Morgan fingerprint density at radius 2 is 1.83 bits per heavy atom. The molecule has 24 heavy (non-hydrogen) atoms. The van der Waals surface area contributed by atoms with Crippen LogP contribution in [0.25, 0.3) is 10.8 Å². The number of thioether (sulfide) groups is 1. The average Bonchev–Trinajstić information content (AvgIpc) is 3.10. The topological polar surface area (TPSA) is 20.3 Å². The molecule has 0 aromatic heterocycles. The molecule has 1 heterocycles. The minimum absolute atomic E-state index is 0.0000132. The molecular weight excluding hydrogens is 321 g/mol. The Kier molecular flexibility index (Phi) is 3.98. The van der Waals surface area contributed by atoms with Gasteiger partial charge in [0.15, 0.2) is 0 Å². The van der Waals surface area contributed by atoms with Gasteiger partial charge >= 0.3 is 0 Å². The summed E-state index contributed by atoms with van der Waals surface area (Å²) in [4.78, 5) is 14.8. The molecule has 0 bridgehead atoms. The van der Waals surface area contributed by atoms with Gasteiger partial charge in [0.05, 0.1) is 0 Å². The average molecular weight is 337 g/mol. The number of carbonyl (C=O) groups is 1. The highest BCUT2D eigenvalue weighted by Gasteiger charge is 2.31. The van der Waals surface area contributed by atoms with Crippen LogP contribution in [0.1, 0.15) is 21.3 Å². The van der Waals surface area contributed by atoms with E-state index in [2.05, 4.69) is 0 Å². The molecule has 3 aromatic rings. The molecule has 0 radical (unpaired) electrons. The third kappa shape index (κ3) is 2.78. The quantitative estimate of drug-likeness (QED) is 0.665. The zero-order valence-electron chi connectivity index (χ0n) is 13.0. The summed E-state index contributed by atoms with van der Waals surface area (Å²) in [6, 6.07) is 20.3. The van der Waals surface area contributed by atoms with Crippen molar-refractivity contribution in [2.45, 2.75) is 5.37 Å². The predicted molar refractivity (Wildman–Crippen MR) is 96.6 cm³/mol. The Morgan fingerprint density at radius 3 is 2.67 bits per heavy atom. The molecule has 3 aromatic carbocycles. The van der Waals surface area contributed by atoms with Crippen LogP contribution in [0.5, 0.6) is 0 Å². The molecule has 0 spiro atoms. The van der Waals surface area contributed by atoms with Crippen LogP contribution < -0.4 is 0 Å². The van der Waals surface area contributed by atoms with Crippen LogP contribution in [-0.4, -0.2) is 23.1 Å². The highest BCUT2D eigenvalue weighted by molar-refractivity contribution is 7.99. The normalized spacial score (nSPS) is 17.4. The Bertz CT molecular complexity index is 911. The molecule has 1 atom stereocenters. The van der Waals surface area contributed by atoms with Gasteiger partial charge in [0.25, 0.3) is 5.91 Å². The molecule has 4 rings (SSSR count). The van der Waals surface area contributed by atoms with E-state index < -0.39 is 0 Å². The standard InChI is InChI=1S/C20H16FNOS/c21-18-7-3-6-17(13-18)20-22(10-11-24-20)19(23)16-9-8-14-4-1-2-5-15(14)12-16/h1-9,12-13,20H,10-11H2. The molecule has 0 N–H and O–H groups in total. The van der Waals surface area contributed by atoms with Crippen LogP contribution in [0.2, 0.25) is 0 Å². The van der Waals surface area contributed by atoms with Gasteiger partial charge in [0.1, 0.15) is 11.2 Å². The zero-order valence-corrected chi connectivity index (χ0v) is 13.8. The number of amides is 1. The van der Waals surface area contributed by atoms with Gasteiger partial charge in [-0.05, 0) is 40.6 Å². The van der Waals surface area contributed by atoms with Crippen molar-refractivity contribution in [1.29, 1.82) is 0 Å². The number of rotatable bonds is 2. The van der Waals surface area contributed by atoms with Crippen molar-refractivity contribution in [2.24, 2.45) is 0 Å². The van der Waals surface area contributed by atoms with Crippen molar-refractivity contribution in [2.75, 3.05) is 12.3 Å². The third-order valence-corrected chi connectivity index (χ3v) is 5.54. The molecule has 1 amide bonds. The largest absolute Gasteiger partial charge is 0.322 e. The van der Waals surface area contributed by atoms with Crippen molar-refractivity contribution in [1.82, 2.24) is 4.90 Å². The highest BCUT2D eigenvalue weighted by atomic mass is 32.2. The second-order valence-corrected chi connectivity index (χ2v) is 7.03. The number of carbonyl (C=O) groups excluding carboxylic acids is 1. The first kappa shape index (κ1) is 15.2. The zero-order chi connectivity index (χ0) is 16.5. The maximum absolute atomic E-state index is 13.5. The van der Waals surface area contributed by atoms with E-state index in [1.165, 1.54) is 12.1 Å². The lowest BCUT2D eigenvalue weighted by molar-refractivity contribution is 0.0760. The highest BCUT2D eigenvalue weighted by Crippen LogP contribution is 2.39. The molecule has 120 valence electrons. The third-order valence-electron chi connectivity index (χ3n) is 4.28. The van der Waals surface area contributed by atoms with Gasteiger partial charge in [-0.25, -0.2) is 4.39 Å². The second-order valence-electron chi connectivity index (χ2n) is 5.84. The number of hydrogen-bond donors (Lipinski definition) is 0. The fraction of sp³-hybridized carbons (Fsp3) is 0.150. The lowest BCUT2D eigenvalue weighted by atomic mass is 10.1. The second kappa shape index (κ2) is 6.29. The number of hydrogen-bond acceptors (Lipinski definition) is 2. The number of halogens is 1. The van der Waals surface area contributed by atoms with E-state index >= 15 is 0 Å². The minimum Gasteiger partial charge on any atom is -0.322 e. The number of nitrogens with zero attached hydrogens (tertiary/aromatic N) is 1. The van der Waals surface area contributed by atoms with Crippen molar-refractivity contribution in [3.8, 4) is 0 Å². The molecule has 1 aliphatic rings. The van der Waals surface area contributed by atoms with Gasteiger partial charge in [-0.2, -0.15) is 0 Å². The van der Waals surface area contributed by atoms with Gasteiger partial charge in [-0.15, -0.1) is 11.8 Å². The van der Waals surface area contributed by atoms with E-state index in [0.717, 1.165) is 22.1 Å². The minimum atomic E-state index is -0.266. The van der Waals surface area contributed by atoms with Crippen LogP contribution in [0.3, 0.4) is 0 Å². The first-order valence-electron chi connectivity index (χ1n) is 7.89. The van der Waals surface area contributed by atoms with Crippen LogP contribution in [0, 0.1) is 5.82 Å². The summed E-state index contributed by atoms with van der Waals surface area (Å²) in [5, 5.41) is 2.05. The number of fused-ring (bicyclic) bond motifs is 1. The van der Waals surface area contributed by atoms with Crippen molar-refractivity contribution in [3.05, 3.63) is 83.7 Å². The molecule has 1 aliphatic heterocycles. The first-order valence-corrected chi connectivity index (χ1v) is 8.94. The summed E-state index contributed by atoms with van der Waals surface area (Å²) in [7, 11) is 0. The SMILES string of the molecule is O=C(c1ccc2ccccc2c1)N1CCSC1c1cccc(F)c1. The molecule has 2 nitrogen and oxygen atoms in total. The van der Waals surface area contributed by atoms with Crippen molar-refractivity contribution >= 4 is 28.4 Å². The predicted octanol–water partition coefficient (Wildman–Crippen LogP) is 4.87. The molecule has 1 saturated heterocycles. The monoisotopic (exact) mass is 337 g/mol. The summed E-state index contributed by atoms with van der Waals surface area (Å²) in [6.07, 6.45) is 0. The van der Waals surface area contributed by atoms with E-state index in [0.29, 0.717) is 12.1 Å².